The molecule has 2 aromatic rings. The van der Waals surface area contributed by atoms with E-state index in [0.29, 0.717) is 48.2 Å². The molecular weight excluding hydrogens is 378 g/mol. The number of nitrogens with zero attached hydrogens (tertiary/aromatic N) is 2. The molecule has 0 atom stereocenters. The molecule has 0 saturated heterocycles. The van der Waals surface area contributed by atoms with Crippen LogP contribution in [0.4, 0.5) is 5.69 Å². The molecule has 0 aliphatic heterocycles. The highest BCUT2D eigenvalue weighted by molar-refractivity contribution is 5.96. The first kappa shape index (κ1) is 21.7. The number of rotatable bonds is 10. The minimum atomic E-state index is -0.486. The summed E-state index contributed by atoms with van der Waals surface area (Å²) in [4.78, 5) is 22.7. The highest BCUT2D eigenvalue weighted by Gasteiger charge is 2.18. The molecule has 1 amide bonds. The molecule has 1 N–H and O–H groups in total. The fraction of sp³-hybridized carbons (Fsp3) is 0.300. The number of nitrogens with one attached hydrogen (secondary N) is 1. The van der Waals surface area contributed by atoms with E-state index in [0.717, 1.165) is 0 Å². The molecular formula is C20H23N3O6. The maximum absolute atomic E-state index is 12.5. The quantitative estimate of drug-likeness (QED) is 0.370. The van der Waals surface area contributed by atoms with Crippen LogP contribution in [0, 0.1) is 10.1 Å². The van der Waals surface area contributed by atoms with Crippen LogP contribution in [-0.2, 0) is 0 Å². The van der Waals surface area contributed by atoms with Crippen molar-refractivity contribution in [3.63, 3.8) is 0 Å². The first-order valence-electron chi connectivity index (χ1n) is 9.14. The zero-order valence-corrected chi connectivity index (χ0v) is 16.5. The summed E-state index contributed by atoms with van der Waals surface area (Å²) in [6, 6.07) is 8.91. The number of non-ortho nitro benzene ring substituents is 1. The van der Waals surface area contributed by atoms with Crippen molar-refractivity contribution in [1.29, 1.82) is 0 Å². The highest BCUT2D eigenvalue weighted by atomic mass is 16.6. The topological polar surface area (TPSA) is 112 Å². The number of nitro groups is 1. The van der Waals surface area contributed by atoms with Gasteiger partial charge in [-0.2, -0.15) is 5.10 Å². The number of ether oxygens (including phenoxy) is 3. The van der Waals surface area contributed by atoms with Gasteiger partial charge in [-0.05, 0) is 50.6 Å². The van der Waals surface area contributed by atoms with Gasteiger partial charge in [-0.3, -0.25) is 14.9 Å². The van der Waals surface area contributed by atoms with Gasteiger partial charge in [-0.25, -0.2) is 5.43 Å². The van der Waals surface area contributed by atoms with E-state index in [1.165, 1.54) is 30.5 Å². The summed E-state index contributed by atoms with van der Waals surface area (Å²) in [5, 5.41) is 14.6. The molecule has 0 aromatic heterocycles. The Morgan fingerprint density at radius 2 is 1.59 bits per heavy atom. The zero-order valence-electron chi connectivity index (χ0n) is 16.5. The van der Waals surface area contributed by atoms with Gasteiger partial charge in [-0.1, -0.05) is 0 Å². The van der Waals surface area contributed by atoms with Crippen LogP contribution >= 0.6 is 0 Å². The Labute approximate surface area is 168 Å². The van der Waals surface area contributed by atoms with Gasteiger partial charge in [0.15, 0.2) is 11.5 Å². The van der Waals surface area contributed by atoms with Crippen LogP contribution in [0.25, 0.3) is 0 Å². The smallest absolute Gasteiger partial charge is 0.271 e. The molecule has 154 valence electrons. The Morgan fingerprint density at radius 3 is 2.07 bits per heavy atom. The molecule has 0 heterocycles. The fourth-order valence-corrected chi connectivity index (χ4v) is 2.43. The van der Waals surface area contributed by atoms with Gasteiger partial charge in [0.25, 0.3) is 11.6 Å². The maximum atomic E-state index is 12.5. The highest BCUT2D eigenvalue weighted by Crippen LogP contribution is 2.39. The lowest BCUT2D eigenvalue weighted by molar-refractivity contribution is -0.384. The second-order valence-electron chi connectivity index (χ2n) is 5.65. The Hall–Kier alpha value is -3.62. The molecule has 0 radical (unpaired) electrons. The van der Waals surface area contributed by atoms with E-state index in [9.17, 15) is 14.9 Å². The Bertz CT molecular complexity index is 853. The number of nitro benzene ring substituents is 1. The number of amides is 1. The molecule has 0 aliphatic carbocycles. The van der Waals surface area contributed by atoms with Gasteiger partial charge >= 0.3 is 0 Å². The van der Waals surface area contributed by atoms with Crippen LogP contribution < -0.4 is 19.6 Å². The van der Waals surface area contributed by atoms with Gasteiger partial charge in [0, 0.05) is 17.7 Å². The number of hydrazone groups is 1. The maximum Gasteiger partial charge on any atom is 0.271 e. The third-order valence-electron chi connectivity index (χ3n) is 3.65. The van der Waals surface area contributed by atoms with Crippen LogP contribution in [0.3, 0.4) is 0 Å². The second kappa shape index (κ2) is 10.6. The molecule has 0 saturated carbocycles. The van der Waals surface area contributed by atoms with Crippen LogP contribution in [0.1, 0.15) is 36.7 Å². The molecule has 0 spiro atoms. The van der Waals surface area contributed by atoms with E-state index in [-0.39, 0.29) is 5.69 Å². The van der Waals surface area contributed by atoms with Crippen molar-refractivity contribution in [2.24, 2.45) is 5.10 Å². The molecule has 9 nitrogen and oxygen atoms in total. The van der Waals surface area contributed by atoms with Gasteiger partial charge in [0.2, 0.25) is 5.75 Å². The van der Waals surface area contributed by atoms with E-state index < -0.39 is 10.8 Å². The van der Waals surface area contributed by atoms with Gasteiger partial charge < -0.3 is 14.2 Å². The third-order valence-corrected chi connectivity index (χ3v) is 3.65. The van der Waals surface area contributed by atoms with Crippen molar-refractivity contribution in [1.82, 2.24) is 5.43 Å². The monoisotopic (exact) mass is 401 g/mol. The van der Waals surface area contributed by atoms with Crippen molar-refractivity contribution in [3.05, 3.63) is 57.6 Å². The first-order valence-corrected chi connectivity index (χ1v) is 9.14. The Kier molecular flexibility index (Phi) is 7.96. The molecule has 0 unspecified atom stereocenters. The number of carbonyl (C=O) groups excluding carboxylic acids is 1. The molecule has 29 heavy (non-hydrogen) atoms. The number of hydrogen-bond donors (Lipinski definition) is 1. The molecule has 9 heteroatoms. The van der Waals surface area contributed by atoms with Crippen molar-refractivity contribution in [2.45, 2.75) is 20.8 Å². The lowest BCUT2D eigenvalue weighted by Crippen LogP contribution is -2.18. The number of carbonyl (C=O) groups is 1. The standard InChI is InChI=1S/C20H23N3O6/c1-4-27-17-11-15(12-18(28-5-2)19(17)29-6-3)20(24)22-21-13-14-7-9-16(10-8-14)23(25)26/h7-13H,4-6H2,1-3H3,(H,22,24). The molecule has 2 aromatic carbocycles. The summed E-state index contributed by atoms with van der Waals surface area (Å²) in [5.74, 6) is 0.796. The second-order valence-corrected chi connectivity index (χ2v) is 5.65. The fourth-order valence-electron chi connectivity index (χ4n) is 2.43. The normalized spacial score (nSPS) is 10.6. The van der Waals surface area contributed by atoms with E-state index >= 15 is 0 Å². The lowest BCUT2D eigenvalue weighted by atomic mass is 10.1. The minimum Gasteiger partial charge on any atom is -0.490 e. The first-order chi connectivity index (χ1) is 14.0. The summed E-state index contributed by atoms with van der Waals surface area (Å²) in [6.45, 7) is 6.73. The number of benzene rings is 2. The molecule has 0 bridgehead atoms. The van der Waals surface area contributed by atoms with Crippen molar-refractivity contribution in [3.8, 4) is 17.2 Å². The summed E-state index contributed by atoms with van der Waals surface area (Å²) in [7, 11) is 0. The predicted molar refractivity (Wildman–Crippen MR) is 108 cm³/mol. The van der Waals surface area contributed by atoms with E-state index in [1.54, 1.807) is 12.1 Å². The predicted octanol–water partition coefficient (Wildman–Crippen LogP) is 3.55. The lowest BCUT2D eigenvalue weighted by Gasteiger charge is -2.16. The largest absolute Gasteiger partial charge is 0.490 e. The van der Waals surface area contributed by atoms with Gasteiger partial charge in [0.05, 0.1) is 31.0 Å². The summed E-state index contributed by atoms with van der Waals surface area (Å²) >= 11 is 0. The van der Waals surface area contributed by atoms with Gasteiger partial charge in [-0.15, -0.1) is 0 Å². The zero-order chi connectivity index (χ0) is 21.2. The van der Waals surface area contributed by atoms with Crippen LogP contribution in [0.2, 0.25) is 0 Å². The van der Waals surface area contributed by atoms with Crippen molar-refractivity contribution >= 4 is 17.8 Å². The van der Waals surface area contributed by atoms with Crippen molar-refractivity contribution in [2.75, 3.05) is 19.8 Å². The molecule has 0 aliphatic rings. The number of hydrogen-bond acceptors (Lipinski definition) is 7. The third kappa shape index (κ3) is 5.93. The molecule has 0 fully saturated rings. The molecule has 2 rings (SSSR count). The Morgan fingerprint density at radius 1 is 1.03 bits per heavy atom. The SMILES string of the molecule is CCOc1cc(C(=O)NN=Cc2ccc([N+](=O)[O-])cc2)cc(OCC)c1OCC. The van der Waals surface area contributed by atoms with E-state index in [2.05, 4.69) is 10.5 Å². The average Bonchev–Trinajstić information content (AvgIpc) is 2.70. The average molecular weight is 401 g/mol. The van der Waals surface area contributed by atoms with E-state index in [1.807, 2.05) is 20.8 Å². The summed E-state index contributed by atoms with van der Waals surface area (Å²) in [6.07, 6.45) is 1.39. The summed E-state index contributed by atoms with van der Waals surface area (Å²) in [5.41, 5.74) is 3.30. The van der Waals surface area contributed by atoms with Crippen LogP contribution in [0.5, 0.6) is 17.2 Å². The van der Waals surface area contributed by atoms with Crippen molar-refractivity contribution < 1.29 is 23.9 Å². The van der Waals surface area contributed by atoms with E-state index in [4.69, 9.17) is 14.2 Å². The minimum absolute atomic E-state index is 0.0209. The summed E-state index contributed by atoms with van der Waals surface area (Å²) < 4.78 is 16.8. The van der Waals surface area contributed by atoms with Crippen LogP contribution in [-0.4, -0.2) is 36.9 Å². The van der Waals surface area contributed by atoms with Gasteiger partial charge in [0.1, 0.15) is 0 Å². The Balaban J connectivity index is 2.19. The van der Waals surface area contributed by atoms with Crippen LogP contribution in [0.15, 0.2) is 41.5 Å².